The lowest BCUT2D eigenvalue weighted by Gasteiger charge is -2.06. The molecule has 5 heteroatoms. The maximum atomic E-state index is 11.4. The van der Waals surface area contributed by atoms with Crippen molar-refractivity contribution in [3.63, 3.8) is 0 Å². The molecule has 1 aromatic rings. The Labute approximate surface area is 112 Å². The molecule has 2 amide bonds. The number of benzene rings is 1. The molecule has 0 aromatic heterocycles. The van der Waals surface area contributed by atoms with Crippen LogP contribution < -0.4 is 10.6 Å². The molecule has 0 heterocycles. The topological polar surface area (TPSA) is 58.2 Å². The van der Waals surface area contributed by atoms with Gasteiger partial charge in [-0.2, -0.15) is 0 Å². The molecule has 0 unspecified atom stereocenters. The highest BCUT2D eigenvalue weighted by molar-refractivity contribution is 6.30. The van der Waals surface area contributed by atoms with Crippen LogP contribution in [0, 0.1) is 0 Å². The van der Waals surface area contributed by atoms with Crippen molar-refractivity contribution >= 4 is 23.4 Å². The SMILES string of the molecule is CC(=O)NCCC(=O)NCCc1cccc(Cl)c1. The van der Waals surface area contributed by atoms with Gasteiger partial charge in [0.25, 0.3) is 0 Å². The summed E-state index contributed by atoms with van der Waals surface area (Å²) in [6, 6.07) is 7.55. The number of hydrogen-bond acceptors (Lipinski definition) is 2. The van der Waals surface area contributed by atoms with Crippen LogP contribution in [0.2, 0.25) is 5.02 Å². The van der Waals surface area contributed by atoms with E-state index >= 15 is 0 Å². The highest BCUT2D eigenvalue weighted by Gasteiger charge is 2.01. The van der Waals surface area contributed by atoms with Crippen molar-refractivity contribution in [1.82, 2.24) is 10.6 Å². The van der Waals surface area contributed by atoms with Gasteiger partial charge in [0.05, 0.1) is 0 Å². The van der Waals surface area contributed by atoms with Crippen LogP contribution in [0.15, 0.2) is 24.3 Å². The number of hydrogen-bond donors (Lipinski definition) is 2. The van der Waals surface area contributed by atoms with Crippen molar-refractivity contribution in [2.45, 2.75) is 19.8 Å². The standard InChI is InChI=1S/C13H17ClN2O2/c1-10(17)15-8-6-13(18)16-7-5-11-3-2-4-12(14)9-11/h2-4,9H,5-8H2,1H3,(H,15,17)(H,16,18). The van der Waals surface area contributed by atoms with E-state index in [0.29, 0.717) is 24.5 Å². The van der Waals surface area contributed by atoms with Gasteiger partial charge in [0.1, 0.15) is 0 Å². The quantitative estimate of drug-likeness (QED) is 0.822. The molecule has 98 valence electrons. The first-order valence-corrected chi connectivity index (χ1v) is 6.21. The lowest BCUT2D eigenvalue weighted by molar-refractivity contribution is -0.121. The third-order valence-corrected chi connectivity index (χ3v) is 2.59. The molecule has 0 aliphatic rings. The number of amides is 2. The lowest BCUT2D eigenvalue weighted by atomic mass is 10.1. The van der Waals surface area contributed by atoms with E-state index in [9.17, 15) is 9.59 Å². The Morgan fingerprint density at radius 1 is 1.22 bits per heavy atom. The number of carbonyl (C=O) groups excluding carboxylic acids is 2. The zero-order valence-corrected chi connectivity index (χ0v) is 11.1. The van der Waals surface area contributed by atoms with Crippen LogP contribution in [0.1, 0.15) is 18.9 Å². The van der Waals surface area contributed by atoms with Crippen molar-refractivity contribution in [3.8, 4) is 0 Å². The minimum atomic E-state index is -0.123. The molecule has 0 spiro atoms. The zero-order valence-electron chi connectivity index (χ0n) is 10.3. The van der Waals surface area contributed by atoms with Crippen molar-refractivity contribution in [2.24, 2.45) is 0 Å². The predicted molar refractivity (Wildman–Crippen MR) is 71.5 cm³/mol. The summed E-state index contributed by atoms with van der Waals surface area (Å²) >= 11 is 5.86. The van der Waals surface area contributed by atoms with Gasteiger partial charge < -0.3 is 10.6 Å². The number of nitrogens with one attached hydrogen (secondary N) is 2. The second-order valence-corrected chi connectivity index (χ2v) is 4.40. The monoisotopic (exact) mass is 268 g/mol. The fourth-order valence-electron chi connectivity index (χ4n) is 1.48. The Morgan fingerprint density at radius 3 is 2.67 bits per heavy atom. The Balaban J connectivity index is 2.17. The Kier molecular flexibility index (Phi) is 6.22. The molecule has 0 fully saturated rings. The second-order valence-electron chi connectivity index (χ2n) is 3.96. The Bertz CT molecular complexity index is 421. The minimum absolute atomic E-state index is 0.0641. The van der Waals surface area contributed by atoms with E-state index in [1.165, 1.54) is 6.92 Å². The maximum absolute atomic E-state index is 11.4. The van der Waals surface area contributed by atoms with E-state index in [2.05, 4.69) is 10.6 Å². The largest absolute Gasteiger partial charge is 0.356 e. The summed E-state index contributed by atoms with van der Waals surface area (Å²) in [6.45, 7) is 2.37. The Hall–Kier alpha value is -1.55. The predicted octanol–water partition coefficient (Wildman–Crippen LogP) is 1.52. The first-order valence-electron chi connectivity index (χ1n) is 5.83. The summed E-state index contributed by atoms with van der Waals surface area (Å²) in [4.78, 5) is 22.0. The summed E-state index contributed by atoms with van der Waals surface area (Å²) in [5.74, 6) is -0.187. The summed E-state index contributed by atoms with van der Waals surface area (Å²) in [5.41, 5.74) is 1.09. The van der Waals surface area contributed by atoms with E-state index < -0.39 is 0 Å². The fraction of sp³-hybridized carbons (Fsp3) is 0.385. The molecule has 1 aromatic carbocycles. The Morgan fingerprint density at radius 2 is 2.00 bits per heavy atom. The van der Waals surface area contributed by atoms with Gasteiger partial charge in [-0.3, -0.25) is 9.59 Å². The van der Waals surface area contributed by atoms with Gasteiger partial charge in [-0.05, 0) is 24.1 Å². The molecule has 1 rings (SSSR count). The molecule has 0 saturated heterocycles. The smallest absolute Gasteiger partial charge is 0.221 e. The molecular weight excluding hydrogens is 252 g/mol. The van der Waals surface area contributed by atoms with E-state index in [0.717, 1.165) is 12.0 Å². The molecule has 0 aliphatic heterocycles. The average molecular weight is 269 g/mol. The molecular formula is C13H17ClN2O2. The van der Waals surface area contributed by atoms with Crippen molar-refractivity contribution in [3.05, 3.63) is 34.9 Å². The van der Waals surface area contributed by atoms with Crippen LogP contribution >= 0.6 is 11.6 Å². The average Bonchev–Trinajstić information content (AvgIpc) is 2.28. The van der Waals surface area contributed by atoms with E-state index in [1.54, 1.807) is 0 Å². The molecule has 18 heavy (non-hydrogen) atoms. The van der Waals surface area contributed by atoms with Crippen molar-refractivity contribution < 1.29 is 9.59 Å². The summed E-state index contributed by atoms with van der Waals surface area (Å²) < 4.78 is 0. The van der Waals surface area contributed by atoms with E-state index in [4.69, 9.17) is 11.6 Å². The molecule has 4 nitrogen and oxygen atoms in total. The second kappa shape index (κ2) is 7.71. The third kappa shape index (κ3) is 6.25. The minimum Gasteiger partial charge on any atom is -0.356 e. The van der Waals surface area contributed by atoms with Crippen LogP contribution in [0.5, 0.6) is 0 Å². The van der Waals surface area contributed by atoms with Crippen molar-refractivity contribution in [1.29, 1.82) is 0 Å². The fourth-order valence-corrected chi connectivity index (χ4v) is 1.69. The normalized spacial score (nSPS) is 9.89. The van der Waals surface area contributed by atoms with E-state index in [-0.39, 0.29) is 11.8 Å². The summed E-state index contributed by atoms with van der Waals surface area (Å²) in [6.07, 6.45) is 1.04. The van der Waals surface area contributed by atoms with Crippen LogP contribution in [0.4, 0.5) is 0 Å². The van der Waals surface area contributed by atoms with Gasteiger partial charge in [-0.15, -0.1) is 0 Å². The van der Waals surface area contributed by atoms with Crippen LogP contribution in [-0.2, 0) is 16.0 Å². The zero-order chi connectivity index (χ0) is 13.4. The van der Waals surface area contributed by atoms with Crippen molar-refractivity contribution in [2.75, 3.05) is 13.1 Å². The van der Waals surface area contributed by atoms with Gasteiger partial charge in [-0.25, -0.2) is 0 Å². The van der Waals surface area contributed by atoms with Crippen LogP contribution in [0.3, 0.4) is 0 Å². The highest BCUT2D eigenvalue weighted by Crippen LogP contribution is 2.10. The summed E-state index contributed by atoms with van der Waals surface area (Å²) in [7, 11) is 0. The molecule has 0 atom stereocenters. The molecule has 0 saturated carbocycles. The van der Waals surface area contributed by atoms with Crippen LogP contribution in [-0.4, -0.2) is 24.9 Å². The first-order chi connectivity index (χ1) is 8.58. The molecule has 0 radical (unpaired) electrons. The maximum Gasteiger partial charge on any atom is 0.221 e. The van der Waals surface area contributed by atoms with Gasteiger partial charge in [0.15, 0.2) is 0 Å². The third-order valence-electron chi connectivity index (χ3n) is 2.35. The molecule has 0 bridgehead atoms. The number of rotatable bonds is 6. The van der Waals surface area contributed by atoms with Gasteiger partial charge in [0.2, 0.25) is 11.8 Å². The summed E-state index contributed by atoms with van der Waals surface area (Å²) in [5, 5.41) is 6.06. The first kappa shape index (κ1) is 14.5. The van der Waals surface area contributed by atoms with E-state index in [1.807, 2.05) is 24.3 Å². The molecule has 0 aliphatic carbocycles. The number of carbonyl (C=O) groups is 2. The molecule has 2 N–H and O–H groups in total. The number of halogens is 1. The van der Waals surface area contributed by atoms with Gasteiger partial charge >= 0.3 is 0 Å². The highest BCUT2D eigenvalue weighted by atomic mass is 35.5. The van der Waals surface area contributed by atoms with Gasteiger partial charge in [-0.1, -0.05) is 23.7 Å². The lowest BCUT2D eigenvalue weighted by Crippen LogP contribution is -2.30. The van der Waals surface area contributed by atoms with Crippen LogP contribution in [0.25, 0.3) is 0 Å². The van der Waals surface area contributed by atoms with Gasteiger partial charge in [0, 0.05) is 31.5 Å².